The van der Waals surface area contributed by atoms with Crippen LogP contribution in [-0.2, 0) is 0 Å². The summed E-state index contributed by atoms with van der Waals surface area (Å²) in [5, 5.41) is 1.27. The molecule has 0 saturated heterocycles. The first-order valence-electron chi connectivity index (χ1n) is 9.08. The Balaban J connectivity index is 1.86. The molecular weight excluding hydrogens is 423 g/mol. The van der Waals surface area contributed by atoms with Gasteiger partial charge >= 0.3 is 0 Å². The van der Waals surface area contributed by atoms with Gasteiger partial charge in [-0.2, -0.15) is 0 Å². The molecule has 6 heteroatoms. The quantitative estimate of drug-likeness (QED) is 0.563. The molecule has 0 amide bonds. The van der Waals surface area contributed by atoms with Gasteiger partial charge in [0.2, 0.25) is 0 Å². The third-order valence-electron chi connectivity index (χ3n) is 4.48. The van der Waals surface area contributed by atoms with Crippen molar-refractivity contribution in [1.29, 1.82) is 0 Å². The maximum Gasteiger partial charge on any atom is 0.274 e. The van der Waals surface area contributed by atoms with Crippen LogP contribution in [0.15, 0.2) is 70.5 Å². The molecule has 29 heavy (non-hydrogen) atoms. The summed E-state index contributed by atoms with van der Waals surface area (Å²) in [5.41, 5.74) is 1.95. The number of allylic oxidation sites excluding steroid dienone is 2. The third kappa shape index (κ3) is 4.15. The van der Waals surface area contributed by atoms with Gasteiger partial charge in [0.1, 0.15) is 0 Å². The van der Waals surface area contributed by atoms with Gasteiger partial charge in [0.25, 0.3) is 5.56 Å². The lowest BCUT2D eigenvalue weighted by molar-refractivity contribution is 0.613. The summed E-state index contributed by atoms with van der Waals surface area (Å²) < 4.78 is 2.23. The van der Waals surface area contributed by atoms with E-state index in [9.17, 15) is 4.79 Å². The molecule has 4 rings (SSSR count). The highest BCUT2D eigenvalue weighted by molar-refractivity contribution is 7.07. The van der Waals surface area contributed by atoms with E-state index in [-0.39, 0.29) is 5.56 Å². The number of aromatic nitrogens is 1. The zero-order valence-electron chi connectivity index (χ0n) is 15.9. The Morgan fingerprint density at radius 3 is 2.24 bits per heavy atom. The fraction of sp³-hybridized carbons (Fsp3) is 0.130. The van der Waals surface area contributed by atoms with Crippen LogP contribution in [0.4, 0.5) is 0 Å². The van der Waals surface area contributed by atoms with Gasteiger partial charge < -0.3 is 0 Å². The van der Waals surface area contributed by atoms with E-state index < -0.39 is 5.54 Å². The molecule has 3 aromatic rings. The number of rotatable bonds is 3. The van der Waals surface area contributed by atoms with Crippen LogP contribution >= 0.6 is 34.5 Å². The van der Waals surface area contributed by atoms with Crippen molar-refractivity contribution in [3.63, 3.8) is 0 Å². The first kappa shape index (κ1) is 19.9. The maximum absolute atomic E-state index is 13.2. The number of nitrogens with zero attached hydrogens (tertiary/aromatic N) is 2. The van der Waals surface area contributed by atoms with Crippen molar-refractivity contribution < 1.29 is 0 Å². The van der Waals surface area contributed by atoms with Gasteiger partial charge in [0.15, 0.2) is 4.80 Å². The molecule has 0 fully saturated rings. The minimum absolute atomic E-state index is 0.112. The second-order valence-electron chi connectivity index (χ2n) is 7.24. The highest BCUT2D eigenvalue weighted by atomic mass is 35.5. The molecule has 2 heterocycles. The molecular formula is C23H18Cl2N2OS. The van der Waals surface area contributed by atoms with Gasteiger partial charge in [-0.3, -0.25) is 9.36 Å². The number of hydrogen-bond acceptors (Lipinski definition) is 3. The lowest BCUT2D eigenvalue weighted by atomic mass is 10.0. The second kappa shape index (κ2) is 7.79. The molecule has 0 radical (unpaired) electrons. The predicted molar refractivity (Wildman–Crippen MR) is 123 cm³/mol. The molecule has 0 aliphatic carbocycles. The average molecular weight is 441 g/mol. The molecule has 0 saturated carbocycles. The molecule has 0 N–H and O–H groups in total. The van der Waals surface area contributed by atoms with E-state index >= 15 is 0 Å². The summed E-state index contributed by atoms with van der Waals surface area (Å²) in [6.07, 6.45) is 7.63. The lowest BCUT2D eigenvalue weighted by Gasteiger charge is -2.20. The summed E-state index contributed by atoms with van der Waals surface area (Å²) >= 11 is 13.9. The van der Waals surface area contributed by atoms with Crippen LogP contribution in [0.2, 0.25) is 10.0 Å². The van der Waals surface area contributed by atoms with Gasteiger partial charge in [0, 0.05) is 15.7 Å². The maximum atomic E-state index is 13.2. The Morgan fingerprint density at radius 2 is 1.59 bits per heavy atom. The van der Waals surface area contributed by atoms with Crippen molar-refractivity contribution in [2.45, 2.75) is 19.4 Å². The molecule has 2 aromatic carbocycles. The van der Waals surface area contributed by atoms with Gasteiger partial charge in [-0.05, 0) is 55.3 Å². The fourth-order valence-corrected chi connectivity index (χ4v) is 4.63. The number of hydrogen-bond donors (Lipinski definition) is 0. The average Bonchev–Trinajstić information content (AvgIpc) is 2.97. The summed E-state index contributed by atoms with van der Waals surface area (Å²) in [5.74, 6) is 0. The van der Waals surface area contributed by atoms with E-state index in [4.69, 9.17) is 28.2 Å². The SMILES string of the molecule is CC1(C)C=C(/C=C/c2ccccc2Cl)n2c(s/c(=C\c3ccccc3Cl)c2=O)=N1. The van der Waals surface area contributed by atoms with E-state index in [1.165, 1.54) is 11.3 Å². The fourth-order valence-electron chi connectivity index (χ4n) is 3.12. The van der Waals surface area contributed by atoms with Crippen LogP contribution in [-0.4, -0.2) is 10.1 Å². The predicted octanol–water partition coefficient (Wildman–Crippen LogP) is 5.01. The van der Waals surface area contributed by atoms with Crippen molar-refractivity contribution in [3.8, 4) is 0 Å². The molecule has 0 atom stereocenters. The summed E-state index contributed by atoms with van der Waals surface area (Å²) in [6, 6.07) is 15.1. The number of halogens is 2. The monoisotopic (exact) mass is 440 g/mol. The molecule has 1 aromatic heterocycles. The van der Waals surface area contributed by atoms with Crippen LogP contribution in [0.25, 0.3) is 17.8 Å². The van der Waals surface area contributed by atoms with E-state index in [1.54, 1.807) is 4.57 Å². The third-order valence-corrected chi connectivity index (χ3v) is 6.14. The Morgan fingerprint density at radius 1 is 0.966 bits per heavy atom. The van der Waals surface area contributed by atoms with Crippen LogP contribution in [0.1, 0.15) is 25.0 Å². The summed E-state index contributed by atoms with van der Waals surface area (Å²) in [4.78, 5) is 18.6. The smallest absolute Gasteiger partial charge is 0.267 e. The van der Waals surface area contributed by atoms with E-state index in [1.807, 2.05) is 86.7 Å². The summed E-state index contributed by atoms with van der Waals surface area (Å²) in [6.45, 7) is 4.03. The zero-order chi connectivity index (χ0) is 20.6. The number of thiazole rings is 1. The Labute approximate surface area is 182 Å². The van der Waals surface area contributed by atoms with Gasteiger partial charge in [0.05, 0.1) is 10.1 Å². The van der Waals surface area contributed by atoms with Crippen molar-refractivity contribution in [1.82, 2.24) is 4.57 Å². The van der Waals surface area contributed by atoms with Crippen molar-refractivity contribution >= 4 is 52.4 Å². The van der Waals surface area contributed by atoms with Gasteiger partial charge in [-0.1, -0.05) is 77.0 Å². The zero-order valence-corrected chi connectivity index (χ0v) is 18.2. The van der Waals surface area contributed by atoms with E-state index in [0.29, 0.717) is 19.4 Å². The normalized spacial score (nSPS) is 15.9. The van der Waals surface area contributed by atoms with Gasteiger partial charge in [-0.15, -0.1) is 0 Å². The van der Waals surface area contributed by atoms with Crippen molar-refractivity contribution in [2.24, 2.45) is 4.99 Å². The van der Waals surface area contributed by atoms with Gasteiger partial charge in [-0.25, -0.2) is 4.99 Å². The Hall–Kier alpha value is -2.40. The first-order chi connectivity index (χ1) is 13.8. The van der Waals surface area contributed by atoms with E-state index in [2.05, 4.69) is 0 Å². The van der Waals surface area contributed by atoms with E-state index in [0.717, 1.165) is 16.8 Å². The molecule has 3 nitrogen and oxygen atoms in total. The van der Waals surface area contributed by atoms with Crippen LogP contribution in [0.3, 0.4) is 0 Å². The lowest BCUT2D eigenvalue weighted by Crippen LogP contribution is -2.35. The standard InChI is InChI=1S/C23H18Cl2N2OS/c1-23(2)14-17(12-11-15-7-3-5-9-18(15)24)27-21(28)20(29-22(27)26-23)13-16-8-4-6-10-19(16)25/h3-14H,1-2H3/b12-11+,20-13-. The molecule has 0 unspecified atom stereocenters. The number of fused-ring (bicyclic) bond motifs is 1. The highest BCUT2D eigenvalue weighted by Crippen LogP contribution is 2.22. The molecule has 0 bridgehead atoms. The molecule has 146 valence electrons. The minimum atomic E-state index is -0.418. The number of benzene rings is 2. The largest absolute Gasteiger partial charge is 0.274 e. The second-order valence-corrected chi connectivity index (χ2v) is 9.07. The molecule has 1 aliphatic rings. The van der Waals surface area contributed by atoms with Crippen LogP contribution < -0.4 is 14.9 Å². The molecule has 0 spiro atoms. The van der Waals surface area contributed by atoms with Crippen molar-refractivity contribution in [2.75, 3.05) is 0 Å². The Kier molecular flexibility index (Phi) is 5.34. The van der Waals surface area contributed by atoms with Crippen LogP contribution in [0.5, 0.6) is 0 Å². The Bertz CT molecular complexity index is 1330. The molecule has 1 aliphatic heterocycles. The first-order valence-corrected chi connectivity index (χ1v) is 10.7. The topological polar surface area (TPSA) is 34.4 Å². The van der Waals surface area contributed by atoms with Crippen LogP contribution in [0, 0.1) is 0 Å². The highest BCUT2D eigenvalue weighted by Gasteiger charge is 2.22. The summed E-state index contributed by atoms with van der Waals surface area (Å²) in [7, 11) is 0. The minimum Gasteiger partial charge on any atom is -0.267 e. The van der Waals surface area contributed by atoms with Crippen molar-refractivity contribution in [3.05, 3.63) is 102 Å².